The molecule has 19 heavy (non-hydrogen) atoms. The van der Waals surface area contributed by atoms with Crippen LogP contribution >= 0.6 is 11.8 Å². The Morgan fingerprint density at radius 3 is 2.74 bits per heavy atom. The van der Waals surface area contributed by atoms with E-state index in [0.717, 1.165) is 17.9 Å². The van der Waals surface area contributed by atoms with E-state index < -0.39 is 0 Å². The summed E-state index contributed by atoms with van der Waals surface area (Å²) in [5, 5.41) is 0.442. The van der Waals surface area contributed by atoms with Crippen LogP contribution in [0.5, 0.6) is 0 Å². The molecule has 1 amide bonds. The van der Waals surface area contributed by atoms with Crippen LogP contribution in [0.4, 0.5) is 5.69 Å². The lowest BCUT2D eigenvalue weighted by atomic mass is 10.2. The molecule has 0 aliphatic carbocycles. The number of rotatable bonds is 3. The highest BCUT2D eigenvalue weighted by molar-refractivity contribution is 8.00. The van der Waals surface area contributed by atoms with E-state index in [-0.39, 0.29) is 12.0 Å². The molecule has 0 aromatic heterocycles. The van der Waals surface area contributed by atoms with Gasteiger partial charge in [-0.25, -0.2) is 0 Å². The first-order valence-electron chi connectivity index (χ1n) is 6.38. The minimum Gasteiger partial charge on any atom is -0.398 e. The molecule has 104 valence electrons. The molecule has 2 atom stereocenters. The lowest BCUT2D eigenvalue weighted by Gasteiger charge is -2.16. The van der Waals surface area contributed by atoms with E-state index in [4.69, 9.17) is 10.5 Å². The fraction of sp³-hybridized carbons (Fsp3) is 0.500. The van der Waals surface area contributed by atoms with Gasteiger partial charge in [-0.3, -0.25) is 4.79 Å². The van der Waals surface area contributed by atoms with E-state index in [1.54, 1.807) is 36.8 Å². The Morgan fingerprint density at radius 2 is 2.21 bits per heavy atom. The number of thioether (sulfide) groups is 1. The molecule has 0 saturated carbocycles. The fourth-order valence-corrected chi connectivity index (χ4v) is 3.23. The molecular weight excluding hydrogens is 260 g/mol. The van der Waals surface area contributed by atoms with E-state index in [1.807, 2.05) is 12.1 Å². The Bertz CT molecular complexity index is 477. The number of hydrogen-bond acceptors (Lipinski definition) is 4. The zero-order valence-electron chi connectivity index (χ0n) is 11.6. The van der Waals surface area contributed by atoms with Gasteiger partial charge in [0.05, 0.1) is 6.10 Å². The second-order valence-electron chi connectivity index (χ2n) is 4.97. The maximum absolute atomic E-state index is 11.8. The Balaban J connectivity index is 2.13. The van der Waals surface area contributed by atoms with Crippen LogP contribution < -0.4 is 5.73 Å². The van der Waals surface area contributed by atoms with Gasteiger partial charge in [-0.2, -0.15) is 0 Å². The Labute approximate surface area is 118 Å². The van der Waals surface area contributed by atoms with Crippen molar-refractivity contribution in [3.63, 3.8) is 0 Å². The van der Waals surface area contributed by atoms with Gasteiger partial charge in [0.15, 0.2) is 0 Å². The van der Waals surface area contributed by atoms with E-state index in [2.05, 4.69) is 6.92 Å². The zero-order chi connectivity index (χ0) is 14.0. The molecule has 1 aliphatic rings. The molecule has 0 bridgehead atoms. The van der Waals surface area contributed by atoms with Crippen LogP contribution in [-0.4, -0.2) is 42.9 Å². The van der Waals surface area contributed by atoms with Crippen LogP contribution in [0.25, 0.3) is 0 Å². The van der Waals surface area contributed by atoms with Crippen molar-refractivity contribution in [1.82, 2.24) is 4.90 Å². The maximum atomic E-state index is 11.8. The summed E-state index contributed by atoms with van der Waals surface area (Å²) in [6.45, 7) is 2.90. The first kappa shape index (κ1) is 14.2. The van der Waals surface area contributed by atoms with Crippen LogP contribution in [0, 0.1) is 0 Å². The van der Waals surface area contributed by atoms with Crippen molar-refractivity contribution < 1.29 is 9.53 Å². The molecule has 1 heterocycles. The van der Waals surface area contributed by atoms with Crippen molar-refractivity contribution >= 4 is 23.4 Å². The molecule has 2 unspecified atom stereocenters. The summed E-state index contributed by atoms with van der Waals surface area (Å²) in [5.74, 6) is -0.0270. The van der Waals surface area contributed by atoms with Crippen molar-refractivity contribution in [3.05, 3.63) is 23.8 Å². The zero-order valence-corrected chi connectivity index (χ0v) is 12.4. The second kappa shape index (κ2) is 5.84. The third kappa shape index (κ3) is 3.22. The van der Waals surface area contributed by atoms with E-state index in [0.29, 0.717) is 16.5 Å². The molecule has 2 rings (SSSR count). The topological polar surface area (TPSA) is 55.6 Å². The highest BCUT2D eigenvalue weighted by atomic mass is 32.2. The van der Waals surface area contributed by atoms with Gasteiger partial charge in [0.25, 0.3) is 5.91 Å². The number of ether oxygens (including phenoxy) is 1. The third-order valence-corrected chi connectivity index (χ3v) is 4.80. The van der Waals surface area contributed by atoms with E-state index in [1.165, 1.54) is 0 Å². The van der Waals surface area contributed by atoms with Gasteiger partial charge in [0, 0.05) is 42.1 Å². The van der Waals surface area contributed by atoms with Crippen LogP contribution in [0.3, 0.4) is 0 Å². The minimum absolute atomic E-state index is 0.0270. The van der Waals surface area contributed by atoms with Crippen LogP contribution in [-0.2, 0) is 4.74 Å². The lowest BCUT2D eigenvalue weighted by Crippen LogP contribution is -2.21. The molecule has 2 N–H and O–H groups in total. The van der Waals surface area contributed by atoms with Crippen LogP contribution in [0.2, 0.25) is 0 Å². The van der Waals surface area contributed by atoms with E-state index >= 15 is 0 Å². The van der Waals surface area contributed by atoms with E-state index in [9.17, 15) is 4.79 Å². The molecule has 1 saturated heterocycles. The molecule has 1 fully saturated rings. The number of carbonyl (C=O) groups excluding carboxylic acids is 1. The number of anilines is 1. The summed E-state index contributed by atoms with van der Waals surface area (Å²) in [7, 11) is 3.47. The second-order valence-corrected chi connectivity index (χ2v) is 6.25. The Hall–Kier alpha value is -1.20. The fourth-order valence-electron chi connectivity index (χ4n) is 2.08. The summed E-state index contributed by atoms with van der Waals surface area (Å²) >= 11 is 1.74. The highest BCUT2D eigenvalue weighted by Gasteiger charge is 2.25. The van der Waals surface area contributed by atoms with Crippen molar-refractivity contribution in [2.45, 2.75) is 29.6 Å². The van der Waals surface area contributed by atoms with Gasteiger partial charge < -0.3 is 15.4 Å². The molecule has 4 nitrogen and oxygen atoms in total. The number of amides is 1. The molecule has 5 heteroatoms. The molecule has 1 aromatic carbocycles. The predicted molar refractivity (Wildman–Crippen MR) is 78.5 cm³/mol. The molecule has 1 aliphatic heterocycles. The van der Waals surface area contributed by atoms with Crippen molar-refractivity contribution in [1.29, 1.82) is 0 Å². The van der Waals surface area contributed by atoms with Gasteiger partial charge in [-0.15, -0.1) is 11.8 Å². The third-order valence-electron chi connectivity index (χ3n) is 3.25. The van der Waals surface area contributed by atoms with Crippen molar-refractivity contribution in [2.75, 3.05) is 26.4 Å². The highest BCUT2D eigenvalue weighted by Crippen LogP contribution is 2.35. The summed E-state index contributed by atoms with van der Waals surface area (Å²) in [6, 6.07) is 5.52. The van der Waals surface area contributed by atoms with Gasteiger partial charge >= 0.3 is 0 Å². The summed E-state index contributed by atoms with van der Waals surface area (Å²) in [6.07, 6.45) is 1.30. The lowest BCUT2D eigenvalue weighted by molar-refractivity contribution is 0.0827. The maximum Gasteiger partial charge on any atom is 0.253 e. The molecule has 0 spiro atoms. The van der Waals surface area contributed by atoms with Gasteiger partial charge in [-0.05, 0) is 31.5 Å². The first-order valence-corrected chi connectivity index (χ1v) is 7.26. The molecule has 0 radical (unpaired) electrons. The van der Waals surface area contributed by atoms with Crippen molar-refractivity contribution in [2.24, 2.45) is 0 Å². The van der Waals surface area contributed by atoms with Crippen LogP contribution in [0.15, 0.2) is 23.1 Å². The number of carbonyl (C=O) groups is 1. The average molecular weight is 280 g/mol. The Kier molecular flexibility index (Phi) is 4.37. The van der Waals surface area contributed by atoms with Gasteiger partial charge in [0.2, 0.25) is 0 Å². The van der Waals surface area contributed by atoms with Crippen molar-refractivity contribution in [3.8, 4) is 0 Å². The molecular formula is C14H20N2O2S. The first-order chi connectivity index (χ1) is 8.99. The van der Waals surface area contributed by atoms with Gasteiger partial charge in [-0.1, -0.05) is 0 Å². The number of nitrogens with zero attached hydrogens (tertiary/aromatic N) is 1. The summed E-state index contributed by atoms with van der Waals surface area (Å²) in [5.41, 5.74) is 7.34. The number of hydrogen-bond donors (Lipinski definition) is 1. The molecule has 1 aromatic rings. The monoisotopic (exact) mass is 280 g/mol. The standard InChI is InChI=1S/C14H20N2O2S/c1-9-12(6-7-18-9)19-13-5-4-10(8-11(13)15)14(17)16(2)3/h4-5,8-9,12H,6-7,15H2,1-3H3. The number of benzene rings is 1. The average Bonchev–Trinajstić information content (AvgIpc) is 2.76. The summed E-state index contributed by atoms with van der Waals surface area (Å²) < 4.78 is 5.55. The van der Waals surface area contributed by atoms with Crippen LogP contribution in [0.1, 0.15) is 23.7 Å². The quantitative estimate of drug-likeness (QED) is 0.863. The Morgan fingerprint density at radius 1 is 1.47 bits per heavy atom. The largest absolute Gasteiger partial charge is 0.398 e. The summed E-state index contributed by atoms with van der Waals surface area (Å²) in [4.78, 5) is 14.4. The normalized spacial score (nSPS) is 22.5. The minimum atomic E-state index is -0.0270. The predicted octanol–water partition coefficient (Wildman–Crippen LogP) is 2.24. The number of nitrogens with two attached hydrogens (primary N) is 1. The number of nitrogen functional groups attached to an aromatic ring is 1. The smallest absolute Gasteiger partial charge is 0.253 e. The van der Waals surface area contributed by atoms with Gasteiger partial charge in [0.1, 0.15) is 0 Å². The SMILES string of the molecule is CC1OCCC1Sc1ccc(C(=O)N(C)C)cc1N.